The fraction of sp³-hybridized carbons (Fsp3) is 0.462. The molecule has 1 aliphatic carbocycles. The van der Waals surface area contributed by atoms with Gasteiger partial charge in [-0.3, -0.25) is 0 Å². The lowest BCUT2D eigenvalue weighted by atomic mass is 9.83. The molecule has 2 rings (SSSR count). The van der Waals surface area contributed by atoms with E-state index < -0.39 is 0 Å². The second-order valence-electron chi connectivity index (χ2n) is 4.31. The van der Waals surface area contributed by atoms with Crippen molar-refractivity contribution in [2.45, 2.75) is 38.5 Å². The van der Waals surface area contributed by atoms with Gasteiger partial charge in [0.15, 0.2) is 0 Å². The van der Waals surface area contributed by atoms with E-state index in [1.807, 2.05) is 0 Å². The largest absolute Gasteiger partial charge is 0.310 e. The van der Waals surface area contributed by atoms with Crippen LogP contribution in [-0.4, -0.2) is 5.71 Å². The molecule has 1 unspecified atom stereocenters. The van der Waals surface area contributed by atoms with E-state index in [0.29, 0.717) is 5.92 Å². The van der Waals surface area contributed by atoms with Gasteiger partial charge in [0.1, 0.15) is 0 Å². The summed E-state index contributed by atoms with van der Waals surface area (Å²) in [5.74, 6) is 0.608. The Balaban J connectivity index is 2.14. The molecule has 0 aliphatic heterocycles. The first-order valence-electron chi connectivity index (χ1n) is 5.38. The molecule has 0 saturated heterocycles. The first-order valence-corrected chi connectivity index (χ1v) is 5.38. The van der Waals surface area contributed by atoms with Crippen molar-refractivity contribution in [1.82, 2.24) is 0 Å². The Kier molecular flexibility index (Phi) is 2.67. The third-order valence-electron chi connectivity index (χ3n) is 3.07. The van der Waals surface area contributed by atoms with E-state index in [-0.39, 0.29) is 0 Å². The molecule has 1 N–H and O–H groups in total. The Morgan fingerprint density at radius 3 is 2.57 bits per heavy atom. The Morgan fingerprint density at radius 1 is 1.21 bits per heavy atom. The lowest BCUT2D eigenvalue weighted by Gasteiger charge is -2.22. The van der Waals surface area contributed by atoms with Gasteiger partial charge in [-0.05, 0) is 44.1 Å². The molecule has 0 heterocycles. The van der Waals surface area contributed by atoms with Crippen molar-refractivity contribution in [1.29, 1.82) is 5.41 Å². The third-order valence-corrected chi connectivity index (χ3v) is 3.07. The van der Waals surface area contributed by atoms with E-state index in [1.54, 1.807) is 0 Å². The van der Waals surface area contributed by atoms with Crippen LogP contribution in [0.15, 0.2) is 24.3 Å². The SMILES string of the molecule is Cc1ccc(C2CCCC(=N)C2)cc1. The molecule has 1 saturated carbocycles. The normalized spacial score (nSPS) is 22.4. The third kappa shape index (κ3) is 2.03. The van der Waals surface area contributed by atoms with Crippen LogP contribution in [0.5, 0.6) is 0 Å². The van der Waals surface area contributed by atoms with Crippen LogP contribution in [-0.2, 0) is 0 Å². The van der Waals surface area contributed by atoms with Crippen LogP contribution in [0.2, 0.25) is 0 Å². The van der Waals surface area contributed by atoms with Gasteiger partial charge in [0.05, 0.1) is 0 Å². The molecular formula is C13H17N. The number of nitrogens with one attached hydrogen (secondary N) is 1. The molecule has 1 atom stereocenters. The molecule has 1 heteroatoms. The molecule has 1 nitrogen and oxygen atoms in total. The van der Waals surface area contributed by atoms with Gasteiger partial charge in [0.25, 0.3) is 0 Å². The van der Waals surface area contributed by atoms with Crippen LogP contribution in [0.3, 0.4) is 0 Å². The molecule has 0 amide bonds. The molecular weight excluding hydrogens is 170 g/mol. The van der Waals surface area contributed by atoms with Crippen molar-refractivity contribution >= 4 is 5.71 Å². The molecule has 0 spiro atoms. The second-order valence-corrected chi connectivity index (χ2v) is 4.31. The molecule has 0 bridgehead atoms. The minimum atomic E-state index is 0.608. The topological polar surface area (TPSA) is 23.9 Å². The average Bonchev–Trinajstić information content (AvgIpc) is 2.19. The zero-order valence-corrected chi connectivity index (χ0v) is 8.72. The van der Waals surface area contributed by atoms with Crippen LogP contribution < -0.4 is 0 Å². The molecule has 14 heavy (non-hydrogen) atoms. The number of rotatable bonds is 1. The summed E-state index contributed by atoms with van der Waals surface area (Å²) in [5, 5.41) is 7.71. The highest BCUT2D eigenvalue weighted by molar-refractivity contribution is 5.82. The number of benzene rings is 1. The zero-order valence-electron chi connectivity index (χ0n) is 8.72. The van der Waals surface area contributed by atoms with Crippen LogP contribution in [0.25, 0.3) is 0 Å². The van der Waals surface area contributed by atoms with Gasteiger partial charge in [0, 0.05) is 5.71 Å². The van der Waals surface area contributed by atoms with Gasteiger partial charge in [-0.15, -0.1) is 0 Å². The van der Waals surface area contributed by atoms with Gasteiger partial charge in [-0.1, -0.05) is 29.8 Å². The summed E-state index contributed by atoms with van der Waals surface area (Å²) >= 11 is 0. The van der Waals surface area contributed by atoms with Gasteiger partial charge in [0.2, 0.25) is 0 Å². The van der Waals surface area contributed by atoms with E-state index in [1.165, 1.54) is 24.0 Å². The summed E-state index contributed by atoms with van der Waals surface area (Å²) in [6.45, 7) is 2.12. The summed E-state index contributed by atoms with van der Waals surface area (Å²) in [6.07, 6.45) is 4.44. The van der Waals surface area contributed by atoms with E-state index in [9.17, 15) is 0 Å². The molecule has 74 valence electrons. The summed E-state index contributed by atoms with van der Waals surface area (Å²) in [7, 11) is 0. The summed E-state index contributed by atoms with van der Waals surface area (Å²) in [4.78, 5) is 0. The highest BCUT2D eigenvalue weighted by atomic mass is 14.4. The molecule has 0 radical (unpaired) electrons. The van der Waals surface area contributed by atoms with Crippen molar-refractivity contribution in [2.24, 2.45) is 0 Å². The first-order chi connectivity index (χ1) is 6.75. The Bertz CT molecular complexity index is 324. The van der Waals surface area contributed by atoms with Crippen molar-refractivity contribution in [2.75, 3.05) is 0 Å². The Morgan fingerprint density at radius 2 is 1.93 bits per heavy atom. The molecule has 1 fully saturated rings. The maximum atomic E-state index is 7.71. The Hall–Kier alpha value is -1.11. The predicted molar refractivity (Wildman–Crippen MR) is 60.1 cm³/mol. The summed E-state index contributed by atoms with van der Waals surface area (Å²) < 4.78 is 0. The smallest absolute Gasteiger partial charge is 0.00952 e. The maximum absolute atomic E-state index is 7.71. The summed E-state index contributed by atoms with van der Waals surface area (Å²) in [6, 6.07) is 8.79. The minimum Gasteiger partial charge on any atom is -0.310 e. The van der Waals surface area contributed by atoms with Crippen molar-refractivity contribution in [3.05, 3.63) is 35.4 Å². The number of hydrogen-bond acceptors (Lipinski definition) is 1. The van der Waals surface area contributed by atoms with Crippen LogP contribution in [0.1, 0.15) is 42.7 Å². The van der Waals surface area contributed by atoms with Gasteiger partial charge < -0.3 is 5.41 Å². The monoisotopic (exact) mass is 187 g/mol. The predicted octanol–water partition coefficient (Wildman–Crippen LogP) is 3.67. The van der Waals surface area contributed by atoms with E-state index >= 15 is 0 Å². The van der Waals surface area contributed by atoms with Crippen molar-refractivity contribution < 1.29 is 0 Å². The lowest BCUT2D eigenvalue weighted by molar-refractivity contribution is 0.576. The molecule has 1 aromatic rings. The van der Waals surface area contributed by atoms with Crippen LogP contribution in [0, 0.1) is 12.3 Å². The van der Waals surface area contributed by atoms with Gasteiger partial charge in [-0.25, -0.2) is 0 Å². The van der Waals surface area contributed by atoms with Crippen LogP contribution >= 0.6 is 0 Å². The number of aryl methyl sites for hydroxylation is 1. The molecule has 0 aromatic heterocycles. The zero-order chi connectivity index (χ0) is 9.97. The van der Waals surface area contributed by atoms with E-state index in [2.05, 4.69) is 31.2 Å². The van der Waals surface area contributed by atoms with E-state index in [0.717, 1.165) is 18.6 Å². The van der Waals surface area contributed by atoms with Gasteiger partial charge >= 0.3 is 0 Å². The fourth-order valence-electron chi connectivity index (χ4n) is 2.19. The minimum absolute atomic E-state index is 0.608. The Labute approximate surface area is 85.7 Å². The molecule has 1 aromatic carbocycles. The van der Waals surface area contributed by atoms with Crippen LogP contribution in [0.4, 0.5) is 0 Å². The highest BCUT2D eigenvalue weighted by Gasteiger charge is 2.18. The lowest BCUT2D eigenvalue weighted by Crippen LogP contribution is -2.12. The second kappa shape index (κ2) is 3.95. The van der Waals surface area contributed by atoms with Gasteiger partial charge in [-0.2, -0.15) is 0 Å². The fourth-order valence-corrected chi connectivity index (χ4v) is 2.19. The van der Waals surface area contributed by atoms with Crippen molar-refractivity contribution in [3.63, 3.8) is 0 Å². The quantitative estimate of drug-likeness (QED) is 0.693. The summed E-state index contributed by atoms with van der Waals surface area (Å²) in [5.41, 5.74) is 3.67. The first kappa shape index (κ1) is 9.45. The van der Waals surface area contributed by atoms with E-state index in [4.69, 9.17) is 5.41 Å². The highest BCUT2D eigenvalue weighted by Crippen LogP contribution is 2.30. The average molecular weight is 187 g/mol. The standard InChI is InChI=1S/C13H17N/c1-10-5-7-11(8-6-10)12-3-2-4-13(14)9-12/h5-8,12,14H,2-4,9H2,1H3. The van der Waals surface area contributed by atoms with Crippen molar-refractivity contribution in [3.8, 4) is 0 Å². The maximum Gasteiger partial charge on any atom is 0.00952 e. The molecule has 1 aliphatic rings. The number of hydrogen-bond donors (Lipinski definition) is 1.